The van der Waals surface area contributed by atoms with E-state index in [0.29, 0.717) is 6.04 Å². The van der Waals surface area contributed by atoms with E-state index in [0.717, 1.165) is 0 Å². The molecule has 0 saturated carbocycles. The number of hydrogen-bond acceptors (Lipinski definition) is 3. The molecule has 11 heavy (non-hydrogen) atoms. The highest BCUT2D eigenvalue weighted by Crippen LogP contribution is 2.05. The zero-order valence-corrected chi connectivity index (χ0v) is 7.86. The summed E-state index contributed by atoms with van der Waals surface area (Å²) in [6.45, 7) is 5.87. The molecule has 1 atom stereocenters. The number of likely N-dealkylation sites (N-methyl/N-ethyl adjacent to an activating group) is 3. The van der Waals surface area contributed by atoms with Crippen LogP contribution in [-0.4, -0.2) is 32.8 Å². The van der Waals surface area contributed by atoms with Crippen LogP contribution in [0.5, 0.6) is 0 Å². The van der Waals surface area contributed by atoms with Gasteiger partial charge in [-0.25, -0.2) is 0 Å². The van der Waals surface area contributed by atoms with Crippen LogP contribution in [0.4, 0.5) is 0 Å². The van der Waals surface area contributed by atoms with E-state index in [1.807, 2.05) is 27.2 Å². The summed E-state index contributed by atoms with van der Waals surface area (Å²) in [5.41, 5.74) is -0.214. The van der Waals surface area contributed by atoms with Crippen LogP contribution in [0.2, 0.25) is 0 Å². The fraction of sp³-hybridized carbons (Fsp3) is 0.750. The van der Waals surface area contributed by atoms with Crippen molar-refractivity contribution in [3.05, 3.63) is 12.7 Å². The van der Waals surface area contributed by atoms with Gasteiger partial charge in [0.05, 0.1) is 0 Å². The molecule has 0 saturated heterocycles. The fourth-order valence-electron chi connectivity index (χ4n) is 1.17. The maximum atomic E-state index is 3.78. The average Bonchev–Trinajstić information content (AvgIpc) is 2.08. The first-order valence-corrected chi connectivity index (χ1v) is 3.85. The third-order valence-corrected chi connectivity index (χ3v) is 2.27. The lowest BCUT2D eigenvalue weighted by molar-refractivity contribution is 0.291. The third kappa shape index (κ3) is 2.02. The summed E-state index contributed by atoms with van der Waals surface area (Å²) in [5, 5.41) is 9.51. The van der Waals surface area contributed by atoms with Gasteiger partial charge in [0.2, 0.25) is 0 Å². The maximum absolute atomic E-state index is 3.78. The van der Waals surface area contributed by atoms with Crippen molar-refractivity contribution in [2.45, 2.75) is 18.6 Å². The molecule has 0 amide bonds. The summed E-state index contributed by atoms with van der Waals surface area (Å²) >= 11 is 0. The van der Waals surface area contributed by atoms with E-state index in [-0.39, 0.29) is 5.66 Å². The minimum atomic E-state index is -0.214. The Balaban J connectivity index is 4.38. The van der Waals surface area contributed by atoms with Crippen molar-refractivity contribution < 1.29 is 0 Å². The van der Waals surface area contributed by atoms with E-state index in [1.54, 1.807) is 0 Å². The van der Waals surface area contributed by atoms with Crippen LogP contribution in [0.1, 0.15) is 6.92 Å². The lowest BCUT2D eigenvalue weighted by Crippen LogP contribution is -2.63. The first-order chi connectivity index (χ1) is 5.16. The van der Waals surface area contributed by atoms with Gasteiger partial charge in [0.25, 0.3) is 0 Å². The highest BCUT2D eigenvalue weighted by Gasteiger charge is 2.27. The number of rotatable bonds is 5. The molecule has 0 radical (unpaired) electrons. The Morgan fingerprint density at radius 1 is 1.27 bits per heavy atom. The molecule has 3 heteroatoms. The van der Waals surface area contributed by atoms with Crippen LogP contribution < -0.4 is 16.0 Å². The summed E-state index contributed by atoms with van der Waals surface area (Å²) in [6, 6.07) is 0.301. The van der Waals surface area contributed by atoms with Crippen molar-refractivity contribution in [3.63, 3.8) is 0 Å². The van der Waals surface area contributed by atoms with E-state index in [4.69, 9.17) is 0 Å². The van der Waals surface area contributed by atoms with Crippen molar-refractivity contribution in [2.75, 3.05) is 21.1 Å². The van der Waals surface area contributed by atoms with Crippen molar-refractivity contribution in [2.24, 2.45) is 0 Å². The molecule has 0 aromatic carbocycles. The van der Waals surface area contributed by atoms with Crippen LogP contribution in [0.3, 0.4) is 0 Å². The van der Waals surface area contributed by atoms with Gasteiger partial charge in [-0.1, -0.05) is 12.7 Å². The molecule has 0 aliphatic carbocycles. The average molecular weight is 157 g/mol. The zero-order valence-electron chi connectivity index (χ0n) is 7.86. The van der Waals surface area contributed by atoms with Gasteiger partial charge in [0.1, 0.15) is 5.66 Å². The molecular formula is C8H19N3. The second-order valence-corrected chi connectivity index (χ2v) is 2.58. The predicted octanol–water partition coefficient (Wildman–Crippen LogP) is -0.0846. The lowest BCUT2D eigenvalue weighted by Gasteiger charge is -2.35. The maximum Gasteiger partial charge on any atom is 0.103 e. The van der Waals surface area contributed by atoms with Crippen molar-refractivity contribution in [1.29, 1.82) is 0 Å². The molecule has 3 N–H and O–H groups in total. The van der Waals surface area contributed by atoms with Crippen LogP contribution >= 0.6 is 0 Å². The van der Waals surface area contributed by atoms with E-state index in [2.05, 4.69) is 29.5 Å². The second kappa shape index (κ2) is 4.49. The molecule has 0 spiro atoms. The normalized spacial score (nSPS) is 14.5. The highest BCUT2D eigenvalue weighted by molar-refractivity contribution is 5.05. The summed E-state index contributed by atoms with van der Waals surface area (Å²) in [6.07, 6.45) is 1.87. The van der Waals surface area contributed by atoms with E-state index in [1.165, 1.54) is 0 Å². The predicted molar refractivity (Wildman–Crippen MR) is 49.6 cm³/mol. The van der Waals surface area contributed by atoms with Gasteiger partial charge in [0.15, 0.2) is 0 Å². The Morgan fingerprint density at radius 3 is 1.82 bits per heavy atom. The molecule has 66 valence electrons. The monoisotopic (exact) mass is 157 g/mol. The first kappa shape index (κ1) is 10.6. The van der Waals surface area contributed by atoms with Crippen LogP contribution in [-0.2, 0) is 0 Å². The number of nitrogens with one attached hydrogen (secondary N) is 3. The van der Waals surface area contributed by atoms with Gasteiger partial charge < -0.3 is 5.32 Å². The molecule has 0 aliphatic rings. The van der Waals surface area contributed by atoms with Crippen LogP contribution in [0.25, 0.3) is 0 Å². The van der Waals surface area contributed by atoms with E-state index >= 15 is 0 Å². The van der Waals surface area contributed by atoms with Gasteiger partial charge >= 0.3 is 0 Å². The Labute approximate surface area is 69.3 Å². The van der Waals surface area contributed by atoms with Crippen molar-refractivity contribution in [3.8, 4) is 0 Å². The molecule has 0 aromatic rings. The van der Waals surface area contributed by atoms with Crippen LogP contribution in [0, 0.1) is 0 Å². The quantitative estimate of drug-likeness (QED) is 0.386. The zero-order chi connectivity index (χ0) is 8.91. The summed E-state index contributed by atoms with van der Waals surface area (Å²) in [4.78, 5) is 0. The Kier molecular flexibility index (Phi) is 4.33. The number of hydrogen-bond donors (Lipinski definition) is 3. The molecule has 0 fully saturated rings. The minimum absolute atomic E-state index is 0.214. The standard InChI is InChI=1S/C8H19N3/c1-6-8(10-4,11-5)7(2)9-3/h6-7,9-11H,1H2,2-5H3. The lowest BCUT2D eigenvalue weighted by atomic mass is 10.0. The summed E-state index contributed by atoms with van der Waals surface area (Å²) < 4.78 is 0. The minimum Gasteiger partial charge on any atom is -0.314 e. The van der Waals surface area contributed by atoms with E-state index in [9.17, 15) is 0 Å². The van der Waals surface area contributed by atoms with Crippen LogP contribution in [0.15, 0.2) is 12.7 Å². The Morgan fingerprint density at radius 2 is 1.73 bits per heavy atom. The summed E-state index contributed by atoms with van der Waals surface area (Å²) in [7, 11) is 5.75. The highest BCUT2D eigenvalue weighted by atomic mass is 15.2. The molecule has 0 bridgehead atoms. The largest absolute Gasteiger partial charge is 0.314 e. The molecule has 1 unspecified atom stereocenters. The Bertz CT molecular complexity index is 119. The van der Waals surface area contributed by atoms with Gasteiger partial charge in [-0.15, -0.1) is 0 Å². The molecule has 0 rings (SSSR count). The topological polar surface area (TPSA) is 36.1 Å². The summed E-state index contributed by atoms with van der Waals surface area (Å²) in [5.74, 6) is 0. The molecule has 0 aliphatic heterocycles. The smallest absolute Gasteiger partial charge is 0.103 e. The van der Waals surface area contributed by atoms with Gasteiger partial charge in [-0.3, -0.25) is 10.6 Å². The third-order valence-electron chi connectivity index (χ3n) is 2.27. The molecular weight excluding hydrogens is 138 g/mol. The van der Waals surface area contributed by atoms with Gasteiger partial charge in [-0.2, -0.15) is 0 Å². The molecule has 0 heterocycles. The van der Waals surface area contributed by atoms with Crippen molar-refractivity contribution in [1.82, 2.24) is 16.0 Å². The van der Waals surface area contributed by atoms with Gasteiger partial charge in [-0.05, 0) is 28.1 Å². The molecule has 0 aromatic heterocycles. The van der Waals surface area contributed by atoms with E-state index < -0.39 is 0 Å². The first-order valence-electron chi connectivity index (χ1n) is 3.85. The Hall–Kier alpha value is -0.380. The van der Waals surface area contributed by atoms with Crippen molar-refractivity contribution >= 4 is 0 Å². The second-order valence-electron chi connectivity index (χ2n) is 2.58. The van der Waals surface area contributed by atoms with Gasteiger partial charge in [0, 0.05) is 6.04 Å². The molecule has 3 nitrogen and oxygen atoms in total. The fourth-order valence-corrected chi connectivity index (χ4v) is 1.17. The SMILES string of the molecule is C=CC(NC)(NC)C(C)NC.